The molecule has 1 unspecified atom stereocenters. The molecule has 0 spiro atoms. The third-order valence-corrected chi connectivity index (χ3v) is 9.50. The number of piperidine rings is 1. The van der Waals surface area contributed by atoms with Gasteiger partial charge in [-0.05, 0) is 119 Å². The molecule has 0 saturated carbocycles. The topological polar surface area (TPSA) is 287 Å². The highest BCUT2D eigenvalue weighted by Crippen LogP contribution is 2.30. The van der Waals surface area contributed by atoms with E-state index in [1.165, 1.54) is 24.3 Å². The van der Waals surface area contributed by atoms with Crippen molar-refractivity contribution >= 4 is 41.7 Å². The number of primary amides is 1. The molecule has 2 saturated heterocycles. The maximum absolute atomic E-state index is 12.1. The van der Waals surface area contributed by atoms with Gasteiger partial charge in [0.25, 0.3) is 17.7 Å². The summed E-state index contributed by atoms with van der Waals surface area (Å²) < 4.78 is 141. The minimum Gasteiger partial charge on any atom is -0.408 e. The zero-order valence-electron chi connectivity index (χ0n) is 36.6. The molecule has 384 valence electrons. The molecule has 4 amide bonds. The fraction of sp³-hybridized carbons (Fsp3) is 0.317. The van der Waals surface area contributed by atoms with Crippen molar-refractivity contribution in [1.82, 2.24) is 35.5 Å². The fourth-order valence-corrected chi connectivity index (χ4v) is 6.20. The van der Waals surface area contributed by atoms with Crippen molar-refractivity contribution < 1.29 is 90.9 Å². The normalized spacial score (nSPS) is 15.2. The molecule has 22 nitrogen and oxygen atoms in total. The predicted octanol–water partition coefficient (Wildman–Crippen LogP) is 7.42. The quantitative estimate of drug-likeness (QED) is 0.0867. The van der Waals surface area contributed by atoms with Crippen LogP contribution in [0.25, 0.3) is 0 Å². The SMILES string of the molecule is CN1CCC(c2nnc(NC(=O)c3ccc(OC(F)(F)F)cc3)o2)CC1.NC(=O)c1nnc(NC(=O)c2ccc(OC(F)(F)F)cc2)o1.O=C(Nc1nnc(C2CCCO2)o1)c1ccc(OC(F)(F)F)cc1. The summed E-state index contributed by atoms with van der Waals surface area (Å²) in [5.41, 5.74) is 5.14. The third-order valence-electron chi connectivity index (χ3n) is 9.50. The van der Waals surface area contributed by atoms with Gasteiger partial charge < -0.3 is 42.8 Å². The summed E-state index contributed by atoms with van der Waals surface area (Å²) in [6, 6.07) is 12.6. The van der Waals surface area contributed by atoms with Gasteiger partial charge in [0.05, 0.1) is 0 Å². The Bertz CT molecular complexity index is 2750. The van der Waals surface area contributed by atoms with Crippen LogP contribution in [0.3, 0.4) is 0 Å². The standard InChI is InChI=1S/C16H17F3N4O3.C14H12F3N3O4.C11H7F3N4O4/c1-23-8-6-11(7-9-23)14-21-22-15(25-14)20-13(24)10-2-4-12(5-3-10)26-16(17,18)19;15-14(16,17)24-9-5-3-8(4-6-9)11(21)18-13-20-19-12(23-13)10-2-1-7-22-10;12-11(13,14)22-6-3-1-5(2-4-6)8(20)16-10-18-17-9(21-10)7(15)19/h2-5,11H,6-9H2,1H3,(H,20,22,24);3-6,10H,1-2,7H2,(H,18,20,21);1-4H,(H2,15,19)(H,16,18,20). The summed E-state index contributed by atoms with van der Waals surface area (Å²) in [5.74, 6) is -3.77. The number of carbonyl (C=O) groups is 4. The van der Waals surface area contributed by atoms with Gasteiger partial charge in [-0.1, -0.05) is 15.3 Å². The first kappa shape index (κ1) is 53.0. The van der Waals surface area contributed by atoms with Crippen LogP contribution < -0.4 is 35.9 Å². The molecule has 2 fully saturated rings. The molecule has 31 heteroatoms. The number of ether oxygens (including phenoxy) is 4. The number of benzene rings is 3. The third kappa shape index (κ3) is 16.7. The molecule has 8 rings (SSSR count). The number of amides is 4. The van der Waals surface area contributed by atoms with Crippen molar-refractivity contribution in [3.8, 4) is 17.2 Å². The second-order valence-electron chi connectivity index (χ2n) is 14.8. The molecule has 0 radical (unpaired) electrons. The molecule has 6 aromatic rings. The lowest BCUT2D eigenvalue weighted by Gasteiger charge is -2.26. The molecule has 3 aromatic carbocycles. The molecular formula is C41H36F9N11O11. The molecule has 0 aliphatic carbocycles. The monoisotopic (exact) mass is 1030 g/mol. The Kier molecular flexibility index (Phi) is 17.0. The number of rotatable bonds is 12. The molecule has 5 heterocycles. The van der Waals surface area contributed by atoms with E-state index in [9.17, 15) is 58.7 Å². The molecule has 3 aromatic heterocycles. The Morgan fingerprint density at radius 1 is 0.556 bits per heavy atom. The lowest BCUT2D eigenvalue weighted by Crippen LogP contribution is -2.29. The molecule has 2 aliphatic rings. The van der Waals surface area contributed by atoms with E-state index in [2.05, 4.69) is 65.7 Å². The molecule has 2 aliphatic heterocycles. The summed E-state index contributed by atoms with van der Waals surface area (Å²) in [5, 5.41) is 28.8. The van der Waals surface area contributed by atoms with Gasteiger partial charge in [-0.2, -0.15) is 0 Å². The lowest BCUT2D eigenvalue weighted by molar-refractivity contribution is -0.275. The summed E-state index contributed by atoms with van der Waals surface area (Å²) >= 11 is 0. The van der Waals surface area contributed by atoms with E-state index in [4.69, 9.17) is 23.7 Å². The molecule has 1 atom stereocenters. The molecule has 5 N–H and O–H groups in total. The van der Waals surface area contributed by atoms with Crippen LogP contribution in [0.4, 0.5) is 57.6 Å². The largest absolute Gasteiger partial charge is 0.573 e. The van der Waals surface area contributed by atoms with Crippen molar-refractivity contribution in [2.75, 3.05) is 42.7 Å². The predicted molar refractivity (Wildman–Crippen MR) is 222 cm³/mol. The Hall–Kier alpha value is -8.35. The smallest absolute Gasteiger partial charge is 0.408 e. The van der Waals surface area contributed by atoms with Crippen LogP contribution in [0.2, 0.25) is 0 Å². The van der Waals surface area contributed by atoms with Crippen LogP contribution in [-0.2, 0) is 4.74 Å². The highest BCUT2D eigenvalue weighted by Gasteiger charge is 2.33. The molecular weight excluding hydrogens is 993 g/mol. The van der Waals surface area contributed by atoms with Crippen LogP contribution in [0.5, 0.6) is 17.2 Å². The number of hydrogen-bond acceptors (Lipinski definition) is 18. The van der Waals surface area contributed by atoms with Crippen LogP contribution >= 0.6 is 0 Å². The van der Waals surface area contributed by atoms with E-state index in [0.717, 1.165) is 87.3 Å². The number of carbonyl (C=O) groups excluding carboxylic acids is 4. The Balaban J connectivity index is 0.000000177. The first-order chi connectivity index (χ1) is 33.9. The zero-order chi connectivity index (χ0) is 52.2. The zero-order valence-corrected chi connectivity index (χ0v) is 36.6. The second-order valence-corrected chi connectivity index (χ2v) is 14.8. The maximum Gasteiger partial charge on any atom is 0.573 e. The Morgan fingerprint density at radius 2 is 0.931 bits per heavy atom. The van der Waals surface area contributed by atoms with E-state index in [-0.39, 0.29) is 52.6 Å². The number of nitrogens with two attached hydrogens (primary N) is 1. The number of nitrogens with zero attached hydrogens (tertiary/aromatic N) is 7. The van der Waals surface area contributed by atoms with Gasteiger partial charge in [0.1, 0.15) is 23.4 Å². The van der Waals surface area contributed by atoms with Gasteiger partial charge in [0, 0.05) is 29.2 Å². The number of anilines is 3. The summed E-state index contributed by atoms with van der Waals surface area (Å²) in [7, 11) is 2.04. The van der Waals surface area contributed by atoms with Gasteiger partial charge in [-0.25, -0.2) is 0 Å². The van der Waals surface area contributed by atoms with E-state index in [1.807, 2.05) is 7.05 Å². The van der Waals surface area contributed by atoms with Crippen molar-refractivity contribution in [1.29, 1.82) is 0 Å². The van der Waals surface area contributed by atoms with E-state index >= 15 is 0 Å². The summed E-state index contributed by atoms with van der Waals surface area (Å²) in [6.45, 7) is 2.48. The van der Waals surface area contributed by atoms with Crippen molar-refractivity contribution in [2.45, 2.75) is 56.8 Å². The van der Waals surface area contributed by atoms with E-state index in [0.29, 0.717) is 12.5 Å². The molecule has 72 heavy (non-hydrogen) atoms. The number of likely N-dealkylation sites (tertiary alicyclic amines) is 1. The first-order valence-electron chi connectivity index (χ1n) is 20.6. The van der Waals surface area contributed by atoms with E-state index in [1.54, 1.807) is 0 Å². The highest BCUT2D eigenvalue weighted by atomic mass is 19.4. The fourth-order valence-electron chi connectivity index (χ4n) is 6.20. The van der Waals surface area contributed by atoms with E-state index < -0.39 is 65.9 Å². The van der Waals surface area contributed by atoms with Crippen molar-refractivity contribution in [3.05, 3.63) is 107 Å². The number of alkyl halides is 9. The summed E-state index contributed by atoms with van der Waals surface area (Å²) in [4.78, 5) is 48.8. The van der Waals surface area contributed by atoms with Crippen molar-refractivity contribution in [3.63, 3.8) is 0 Å². The average Bonchev–Trinajstić information content (AvgIpc) is 4.16. The lowest BCUT2D eigenvalue weighted by atomic mass is 9.97. The van der Waals surface area contributed by atoms with Gasteiger partial charge >= 0.3 is 48.9 Å². The number of nitrogens with one attached hydrogen (secondary N) is 3. The first-order valence-corrected chi connectivity index (χ1v) is 20.6. The molecule has 0 bridgehead atoms. The number of hydrogen-bond donors (Lipinski definition) is 4. The number of halogens is 9. The van der Waals surface area contributed by atoms with Crippen LogP contribution in [-0.4, -0.2) is 105 Å². The van der Waals surface area contributed by atoms with Crippen molar-refractivity contribution in [2.24, 2.45) is 5.73 Å². The summed E-state index contributed by atoms with van der Waals surface area (Å²) in [6.07, 6.45) is -11.2. The van der Waals surface area contributed by atoms with Gasteiger partial charge in [0.2, 0.25) is 11.8 Å². The Morgan fingerprint density at radius 3 is 1.29 bits per heavy atom. The number of aromatic nitrogens is 6. The van der Waals surface area contributed by atoms with Crippen LogP contribution in [0, 0.1) is 0 Å². The van der Waals surface area contributed by atoms with Crippen LogP contribution in [0.1, 0.15) is 91.2 Å². The average molecular weight is 1030 g/mol. The maximum atomic E-state index is 12.1. The van der Waals surface area contributed by atoms with Gasteiger partial charge in [-0.15, -0.1) is 54.8 Å². The second kappa shape index (κ2) is 23.0. The Labute approximate surface area is 397 Å². The van der Waals surface area contributed by atoms with Crippen LogP contribution in [0.15, 0.2) is 86.0 Å². The van der Waals surface area contributed by atoms with Gasteiger partial charge in [-0.3, -0.25) is 35.1 Å². The minimum absolute atomic E-state index is 0.00773. The minimum atomic E-state index is -4.82. The van der Waals surface area contributed by atoms with Gasteiger partial charge in [0.15, 0.2) is 0 Å². The highest BCUT2D eigenvalue weighted by molar-refractivity contribution is 6.04.